The largest absolute Gasteiger partial charge is 0.493 e. The molecule has 0 aromatic heterocycles. The lowest BCUT2D eigenvalue weighted by Gasteiger charge is -2.14. The van der Waals surface area contributed by atoms with Gasteiger partial charge in [0.2, 0.25) is 0 Å². The Labute approximate surface area is 119 Å². The van der Waals surface area contributed by atoms with Gasteiger partial charge in [-0.15, -0.1) is 0 Å². The van der Waals surface area contributed by atoms with Crippen LogP contribution < -0.4 is 4.74 Å². The molecule has 1 aliphatic heterocycles. The fourth-order valence-electron chi connectivity index (χ4n) is 3.35. The summed E-state index contributed by atoms with van der Waals surface area (Å²) in [5.74, 6) is 1.75. The van der Waals surface area contributed by atoms with E-state index < -0.39 is 6.10 Å². The van der Waals surface area contributed by atoms with Gasteiger partial charge in [-0.25, -0.2) is 0 Å². The molecule has 3 atom stereocenters. The van der Waals surface area contributed by atoms with Gasteiger partial charge in [-0.2, -0.15) is 0 Å². The first-order valence-electron chi connectivity index (χ1n) is 7.32. The zero-order chi connectivity index (χ0) is 13.5. The highest BCUT2D eigenvalue weighted by atomic mass is 16.5. The van der Waals surface area contributed by atoms with E-state index in [0.29, 0.717) is 11.8 Å². The zero-order valence-corrected chi connectivity index (χ0v) is 11.3. The Morgan fingerprint density at radius 1 is 1.05 bits per heavy atom. The van der Waals surface area contributed by atoms with Gasteiger partial charge >= 0.3 is 0 Å². The lowest BCUT2D eigenvalue weighted by molar-refractivity contribution is 0.147. The van der Waals surface area contributed by atoms with Crippen molar-refractivity contribution in [1.82, 2.24) is 0 Å². The summed E-state index contributed by atoms with van der Waals surface area (Å²) in [4.78, 5) is 0. The molecule has 0 bridgehead atoms. The molecule has 2 heteroatoms. The molecule has 1 aliphatic carbocycles. The Hall–Kier alpha value is -1.80. The molecule has 0 radical (unpaired) electrons. The summed E-state index contributed by atoms with van der Waals surface area (Å²) in [5, 5.41) is 10.7. The normalized spacial score (nSPS) is 24.9. The van der Waals surface area contributed by atoms with E-state index >= 15 is 0 Å². The van der Waals surface area contributed by atoms with Crippen LogP contribution in [0.25, 0.3) is 0 Å². The van der Waals surface area contributed by atoms with Crippen LogP contribution >= 0.6 is 0 Å². The van der Waals surface area contributed by atoms with Gasteiger partial charge in [0, 0.05) is 12.0 Å². The van der Waals surface area contributed by atoms with Crippen LogP contribution in [0.5, 0.6) is 5.75 Å². The van der Waals surface area contributed by atoms with E-state index in [-0.39, 0.29) is 0 Å². The van der Waals surface area contributed by atoms with Gasteiger partial charge in [-0.3, -0.25) is 0 Å². The molecule has 2 aromatic rings. The van der Waals surface area contributed by atoms with Gasteiger partial charge in [0.15, 0.2) is 0 Å². The second-order valence-electron chi connectivity index (χ2n) is 5.80. The van der Waals surface area contributed by atoms with Crippen LogP contribution in [-0.2, 0) is 6.42 Å². The number of fused-ring (bicyclic) bond motifs is 1. The van der Waals surface area contributed by atoms with Crippen molar-refractivity contribution in [2.24, 2.45) is 5.92 Å². The van der Waals surface area contributed by atoms with Crippen molar-refractivity contribution in [3.8, 4) is 5.75 Å². The van der Waals surface area contributed by atoms with E-state index in [1.807, 2.05) is 18.2 Å². The molecule has 0 spiro atoms. The van der Waals surface area contributed by atoms with Gasteiger partial charge in [0.25, 0.3) is 0 Å². The average Bonchev–Trinajstić information content (AvgIpc) is 3.16. The first-order valence-corrected chi connectivity index (χ1v) is 7.32. The van der Waals surface area contributed by atoms with Crippen LogP contribution in [0.2, 0.25) is 0 Å². The van der Waals surface area contributed by atoms with E-state index in [1.54, 1.807) is 0 Å². The van der Waals surface area contributed by atoms with Crippen LogP contribution in [-0.4, -0.2) is 11.7 Å². The number of aliphatic hydroxyl groups excluding tert-OH is 1. The van der Waals surface area contributed by atoms with Crippen molar-refractivity contribution >= 4 is 0 Å². The summed E-state index contributed by atoms with van der Waals surface area (Å²) < 4.78 is 5.71. The summed E-state index contributed by atoms with van der Waals surface area (Å²) in [5.41, 5.74) is 3.55. The molecule has 1 N–H and O–H groups in total. The Morgan fingerprint density at radius 2 is 1.90 bits per heavy atom. The van der Waals surface area contributed by atoms with Crippen molar-refractivity contribution in [3.05, 3.63) is 65.2 Å². The van der Waals surface area contributed by atoms with Crippen LogP contribution in [0.1, 0.15) is 35.1 Å². The Morgan fingerprint density at radius 3 is 2.75 bits per heavy atom. The zero-order valence-electron chi connectivity index (χ0n) is 11.3. The third-order valence-electron chi connectivity index (χ3n) is 4.54. The quantitative estimate of drug-likeness (QED) is 0.922. The number of benzene rings is 2. The second kappa shape index (κ2) is 4.64. The highest BCUT2D eigenvalue weighted by Gasteiger charge is 2.44. The van der Waals surface area contributed by atoms with Crippen molar-refractivity contribution in [2.75, 3.05) is 6.61 Å². The fourth-order valence-corrected chi connectivity index (χ4v) is 3.35. The van der Waals surface area contributed by atoms with E-state index in [1.165, 1.54) is 11.1 Å². The smallest absolute Gasteiger partial charge is 0.128 e. The molecule has 20 heavy (non-hydrogen) atoms. The predicted octanol–water partition coefficient (Wildman–Crippen LogP) is 3.46. The lowest BCUT2D eigenvalue weighted by Crippen LogP contribution is -2.03. The molecule has 0 amide bonds. The topological polar surface area (TPSA) is 29.5 Å². The fraction of sp³-hybridized carbons (Fsp3) is 0.333. The maximum atomic E-state index is 10.7. The van der Waals surface area contributed by atoms with E-state index in [2.05, 4.69) is 30.3 Å². The highest BCUT2D eigenvalue weighted by Crippen LogP contribution is 2.55. The minimum Gasteiger partial charge on any atom is -0.493 e. The van der Waals surface area contributed by atoms with Crippen molar-refractivity contribution < 1.29 is 9.84 Å². The Bertz CT molecular complexity index is 621. The van der Waals surface area contributed by atoms with Crippen LogP contribution in [0.3, 0.4) is 0 Å². The summed E-state index contributed by atoms with van der Waals surface area (Å²) >= 11 is 0. The minimum absolute atomic E-state index is 0.327. The minimum atomic E-state index is -0.409. The van der Waals surface area contributed by atoms with Crippen LogP contribution in [0.15, 0.2) is 48.5 Å². The molecule has 1 saturated carbocycles. The number of aliphatic hydroxyl groups is 1. The van der Waals surface area contributed by atoms with Crippen LogP contribution in [0.4, 0.5) is 0 Å². The standard InChI is InChI=1S/C18H18O2/c19-17(14-8-4-7-13-9-10-20-18(13)14)16-11-15(16)12-5-2-1-3-6-12/h1-8,15-17,19H,9-11H2. The van der Waals surface area contributed by atoms with Gasteiger partial charge in [-0.1, -0.05) is 48.5 Å². The SMILES string of the molecule is OC(c1cccc2c1OCC2)C1CC1c1ccccc1. The third-order valence-corrected chi connectivity index (χ3v) is 4.54. The monoisotopic (exact) mass is 266 g/mol. The predicted molar refractivity (Wildman–Crippen MR) is 77.9 cm³/mol. The first-order chi connectivity index (χ1) is 9.84. The molecule has 0 saturated heterocycles. The lowest BCUT2D eigenvalue weighted by atomic mass is 9.98. The molecule has 1 heterocycles. The maximum Gasteiger partial charge on any atom is 0.128 e. The van der Waals surface area contributed by atoms with Crippen molar-refractivity contribution in [1.29, 1.82) is 0 Å². The third kappa shape index (κ3) is 1.92. The molecular formula is C18H18O2. The number of hydrogen-bond donors (Lipinski definition) is 1. The van der Waals surface area contributed by atoms with Crippen molar-refractivity contribution in [3.63, 3.8) is 0 Å². The molecule has 2 nitrogen and oxygen atoms in total. The molecule has 4 rings (SSSR count). The van der Waals surface area contributed by atoms with E-state index in [4.69, 9.17) is 4.74 Å². The number of rotatable bonds is 3. The summed E-state index contributed by atoms with van der Waals surface area (Å²) in [6.45, 7) is 0.742. The van der Waals surface area contributed by atoms with Crippen LogP contribution in [0, 0.1) is 5.92 Å². The van der Waals surface area contributed by atoms with E-state index in [0.717, 1.165) is 30.8 Å². The first kappa shape index (κ1) is 12.0. The summed E-state index contributed by atoms with van der Waals surface area (Å²) in [6, 6.07) is 16.6. The number of para-hydroxylation sites is 1. The molecular weight excluding hydrogens is 248 g/mol. The molecule has 102 valence electrons. The van der Waals surface area contributed by atoms with Gasteiger partial charge < -0.3 is 9.84 Å². The Balaban J connectivity index is 1.58. The summed E-state index contributed by atoms with van der Waals surface area (Å²) in [7, 11) is 0. The van der Waals surface area contributed by atoms with E-state index in [9.17, 15) is 5.11 Å². The Kier molecular flexibility index (Phi) is 2.78. The highest BCUT2D eigenvalue weighted by molar-refractivity contribution is 5.46. The molecule has 2 aliphatic rings. The average molecular weight is 266 g/mol. The second-order valence-corrected chi connectivity index (χ2v) is 5.80. The summed E-state index contributed by atoms with van der Waals surface area (Å²) in [6.07, 6.45) is 1.62. The van der Waals surface area contributed by atoms with Gasteiger partial charge in [0.05, 0.1) is 12.7 Å². The van der Waals surface area contributed by atoms with Crippen molar-refractivity contribution in [2.45, 2.75) is 24.9 Å². The molecule has 1 fully saturated rings. The number of hydrogen-bond acceptors (Lipinski definition) is 2. The molecule has 2 aromatic carbocycles. The maximum absolute atomic E-state index is 10.7. The number of ether oxygens (including phenoxy) is 1. The molecule has 3 unspecified atom stereocenters. The van der Waals surface area contributed by atoms with Gasteiger partial charge in [0.1, 0.15) is 5.75 Å². The van der Waals surface area contributed by atoms with Gasteiger partial charge in [-0.05, 0) is 29.4 Å².